The van der Waals surface area contributed by atoms with E-state index in [1.54, 1.807) is 6.08 Å². The molecule has 0 spiro atoms. The summed E-state index contributed by atoms with van der Waals surface area (Å²) in [6, 6.07) is 0. The zero-order chi connectivity index (χ0) is 16.3. The van der Waals surface area contributed by atoms with Crippen molar-refractivity contribution in [1.82, 2.24) is 9.97 Å². The molecule has 3 N–H and O–H groups in total. The molecule has 9 heteroatoms. The van der Waals surface area contributed by atoms with Gasteiger partial charge in [-0.3, -0.25) is 10.1 Å². The Hall–Kier alpha value is -2.42. The Balaban J connectivity index is 2.43. The molecule has 0 bridgehead atoms. The molecule has 120 valence electrons. The van der Waals surface area contributed by atoms with Gasteiger partial charge >= 0.3 is 5.69 Å². The van der Waals surface area contributed by atoms with Gasteiger partial charge in [-0.05, 0) is 13.8 Å². The lowest BCUT2D eigenvalue weighted by molar-refractivity contribution is -0.383. The van der Waals surface area contributed by atoms with E-state index in [2.05, 4.69) is 21.9 Å². The molecule has 1 aromatic rings. The van der Waals surface area contributed by atoms with Crippen LogP contribution in [-0.2, 0) is 4.74 Å². The van der Waals surface area contributed by atoms with Crippen LogP contribution >= 0.6 is 0 Å². The van der Waals surface area contributed by atoms with Gasteiger partial charge in [0.2, 0.25) is 17.6 Å². The number of aromatic nitrogens is 2. The molecular weight excluding hydrogens is 288 g/mol. The van der Waals surface area contributed by atoms with E-state index in [1.165, 1.54) is 0 Å². The van der Waals surface area contributed by atoms with E-state index in [0.29, 0.717) is 19.6 Å². The third-order valence-corrected chi connectivity index (χ3v) is 3.20. The molecule has 1 aliphatic rings. The lowest BCUT2D eigenvalue weighted by atomic mass is 10.2. The van der Waals surface area contributed by atoms with E-state index in [0.717, 1.165) is 0 Å². The number of anilines is 3. The molecule has 1 aromatic heterocycles. The van der Waals surface area contributed by atoms with Gasteiger partial charge in [0.05, 0.1) is 17.1 Å². The normalized spacial score (nSPS) is 21.5. The largest absolute Gasteiger partial charge is 0.378 e. The number of nitrogens with zero attached hydrogens (tertiary/aromatic N) is 4. The zero-order valence-corrected chi connectivity index (χ0v) is 12.7. The summed E-state index contributed by atoms with van der Waals surface area (Å²) in [5, 5.41) is 14.2. The molecule has 0 radical (unpaired) electrons. The first-order valence-corrected chi connectivity index (χ1v) is 6.99. The van der Waals surface area contributed by atoms with Crippen molar-refractivity contribution in [1.29, 1.82) is 0 Å². The first-order valence-electron chi connectivity index (χ1n) is 6.99. The van der Waals surface area contributed by atoms with Crippen molar-refractivity contribution in [2.75, 3.05) is 35.6 Å². The van der Waals surface area contributed by atoms with E-state index in [9.17, 15) is 10.1 Å². The lowest BCUT2D eigenvalue weighted by Crippen LogP contribution is -2.46. The number of nitrogens with two attached hydrogens (primary N) is 1. The van der Waals surface area contributed by atoms with Gasteiger partial charge in [0.25, 0.3) is 0 Å². The molecule has 2 rings (SSSR count). The van der Waals surface area contributed by atoms with Crippen LogP contribution in [0.3, 0.4) is 0 Å². The van der Waals surface area contributed by atoms with Gasteiger partial charge in [0, 0.05) is 19.6 Å². The maximum Gasteiger partial charge on any atom is 0.353 e. The minimum atomic E-state index is -0.549. The fraction of sp³-hybridized carbons (Fsp3) is 0.538. The van der Waals surface area contributed by atoms with Crippen molar-refractivity contribution in [2.24, 2.45) is 0 Å². The van der Waals surface area contributed by atoms with E-state index < -0.39 is 4.92 Å². The van der Waals surface area contributed by atoms with Crippen LogP contribution < -0.4 is 16.0 Å². The highest BCUT2D eigenvalue weighted by Crippen LogP contribution is 2.33. The SMILES string of the molecule is C=CCNc1nc(N)c([N+](=O)[O-])c(N2CC(C)OC(C)C2)n1. The summed E-state index contributed by atoms with van der Waals surface area (Å²) in [6.07, 6.45) is 1.53. The van der Waals surface area contributed by atoms with E-state index in [-0.39, 0.29) is 35.5 Å². The predicted molar refractivity (Wildman–Crippen MR) is 84.0 cm³/mol. The number of nitro groups is 1. The second-order valence-corrected chi connectivity index (χ2v) is 5.19. The van der Waals surface area contributed by atoms with Crippen LogP contribution in [-0.4, -0.2) is 46.7 Å². The van der Waals surface area contributed by atoms with Crippen molar-refractivity contribution in [3.8, 4) is 0 Å². The minimum absolute atomic E-state index is 0.0517. The van der Waals surface area contributed by atoms with Crippen molar-refractivity contribution in [2.45, 2.75) is 26.1 Å². The number of rotatable bonds is 5. The lowest BCUT2D eigenvalue weighted by Gasteiger charge is -2.35. The molecule has 0 saturated carbocycles. The fourth-order valence-corrected chi connectivity index (χ4v) is 2.45. The first-order chi connectivity index (χ1) is 10.4. The first kappa shape index (κ1) is 16.0. The van der Waals surface area contributed by atoms with Gasteiger partial charge < -0.3 is 20.7 Å². The number of hydrogen-bond donors (Lipinski definition) is 2. The predicted octanol–water partition coefficient (Wildman–Crippen LogP) is 1.18. The van der Waals surface area contributed by atoms with Crippen LogP contribution in [0.15, 0.2) is 12.7 Å². The number of nitrogen functional groups attached to an aromatic ring is 1. The Morgan fingerprint density at radius 1 is 1.50 bits per heavy atom. The highest BCUT2D eigenvalue weighted by molar-refractivity contribution is 5.71. The minimum Gasteiger partial charge on any atom is -0.378 e. The maximum absolute atomic E-state index is 11.3. The van der Waals surface area contributed by atoms with Crippen molar-refractivity contribution >= 4 is 23.3 Å². The van der Waals surface area contributed by atoms with Crippen LogP contribution in [0.2, 0.25) is 0 Å². The Bertz CT molecular complexity index is 569. The molecule has 22 heavy (non-hydrogen) atoms. The summed E-state index contributed by atoms with van der Waals surface area (Å²) in [7, 11) is 0. The summed E-state index contributed by atoms with van der Waals surface area (Å²) in [6.45, 7) is 8.86. The third kappa shape index (κ3) is 3.42. The van der Waals surface area contributed by atoms with Crippen LogP contribution in [0.4, 0.5) is 23.3 Å². The average molecular weight is 308 g/mol. The summed E-state index contributed by atoms with van der Waals surface area (Å²) in [5.74, 6) is 0.296. The van der Waals surface area contributed by atoms with Gasteiger partial charge in [-0.2, -0.15) is 9.97 Å². The maximum atomic E-state index is 11.3. The van der Waals surface area contributed by atoms with Crippen LogP contribution in [0.1, 0.15) is 13.8 Å². The summed E-state index contributed by atoms with van der Waals surface area (Å²) >= 11 is 0. The number of hydrogen-bond acceptors (Lipinski definition) is 8. The molecule has 0 aliphatic carbocycles. The summed E-state index contributed by atoms with van der Waals surface area (Å²) in [4.78, 5) is 20.8. The van der Waals surface area contributed by atoms with Gasteiger partial charge in [-0.1, -0.05) is 6.08 Å². The number of ether oxygens (including phenoxy) is 1. The van der Waals surface area contributed by atoms with Crippen molar-refractivity contribution in [3.63, 3.8) is 0 Å². The molecule has 1 saturated heterocycles. The molecule has 2 atom stereocenters. The summed E-state index contributed by atoms with van der Waals surface area (Å²) < 4.78 is 5.65. The molecule has 1 aliphatic heterocycles. The Labute approximate surface area is 128 Å². The Morgan fingerprint density at radius 2 is 2.14 bits per heavy atom. The van der Waals surface area contributed by atoms with Gasteiger partial charge in [0.1, 0.15) is 0 Å². The fourth-order valence-electron chi connectivity index (χ4n) is 2.45. The third-order valence-electron chi connectivity index (χ3n) is 3.20. The van der Waals surface area contributed by atoms with Crippen molar-refractivity contribution < 1.29 is 9.66 Å². The summed E-state index contributed by atoms with van der Waals surface area (Å²) in [5.41, 5.74) is 5.48. The van der Waals surface area contributed by atoms with Crippen LogP contribution in [0, 0.1) is 10.1 Å². The van der Waals surface area contributed by atoms with E-state index in [1.807, 2.05) is 18.7 Å². The second-order valence-electron chi connectivity index (χ2n) is 5.19. The molecule has 0 aromatic carbocycles. The second kappa shape index (κ2) is 6.56. The van der Waals surface area contributed by atoms with Gasteiger partial charge in [-0.15, -0.1) is 6.58 Å². The molecule has 9 nitrogen and oxygen atoms in total. The molecule has 2 heterocycles. The Morgan fingerprint density at radius 3 is 2.68 bits per heavy atom. The van der Waals surface area contributed by atoms with E-state index >= 15 is 0 Å². The Kier molecular flexibility index (Phi) is 4.76. The van der Waals surface area contributed by atoms with E-state index in [4.69, 9.17) is 10.5 Å². The molecular formula is C13H20N6O3. The number of morpholine rings is 1. The van der Waals surface area contributed by atoms with Gasteiger partial charge in [-0.25, -0.2) is 0 Å². The smallest absolute Gasteiger partial charge is 0.353 e. The van der Waals surface area contributed by atoms with Gasteiger partial charge in [0.15, 0.2) is 0 Å². The zero-order valence-electron chi connectivity index (χ0n) is 12.7. The molecule has 1 fully saturated rings. The van der Waals surface area contributed by atoms with Crippen molar-refractivity contribution in [3.05, 3.63) is 22.8 Å². The molecule has 2 unspecified atom stereocenters. The topological polar surface area (TPSA) is 119 Å². The number of nitrogens with one attached hydrogen (secondary N) is 1. The van der Waals surface area contributed by atoms with Crippen LogP contribution in [0.25, 0.3) is 0 Å². The highest BCUT2D eigenvalue weighted by atomic mass is 16.6. The quantitative estimate of drug-likeness (QED) is 0.472. The molecule has 0 amide bonds. The average Bonchev–Trinajstić information content (AvgIpc) is 2.42. The monoisotopic (exact) mass is 308 g/mol. The standard InChI is InChI=1S/C13H20N6O3/c1-4-5-15-13-16-11(14)10(19(20)21)12(17-13)18-6-8(2)22-9(3)7-18/h4,8-9H,1,5-7H2,2-3H3,(H3,14,15,16,17). The highest BCUT2D eigenvalue weighted by Gasteiger charge is 2.31. The van der Waals surface area contributed by atoms with Crippen LogP contribution in [0.5, 0.6) is 0 Å².